The first-order valence-electron chi connectivity index (χ1n) is 19.4. The summed E-state index contributed by atoms with van der Waals surface area (Å²) in [6.07, 6.45) is 1.74. The highest BCUT2D eigenvalue weighted by molar-refractivity contribution is 8.13. The third kappa shape index (κ3) is 11.7. The SMILES string of the molecule is CC(C)c1cc(F)cc(C(C)C)c1CC1=NN=C(SCc2ccc(F)cc2)C1.CC(C)c1cc(F)cc(C(C)C)c1Cc1nc(S(=O)(=O)Cc2ccc(F)cc2)n[nH]1. The minimum Gasteiger partial charge on any atom is -0.262 e. The first-order valence-corrected chi connectivity index (χ1v) is 22.1. The summed E-state index contributed by atoms with van der Waals surface area (Å²) >= 11 is 1.63. The normalized spacial score (nSPS) is 13.0. The molecule has 0 fully saturated rings. The standard InChI is InChI=1S/C23H26F2N2S.C22H25F2N3O2S/c1-14(2)20-9-18(25)10-21(15(3)4)22(20)11-19-12-23(27-26-19)28-13-16-5-7-17(24)8-6-16;1-13(2)18-9-17(24)10-19(14(3)4)20(18)11-21-25-22(27-26-21)30(28,29)12-15-5-7-16(23)8-6-15/h5-10,14-15H,11-13H2,1-4H3;5-10,13-14H,11-12H2,1-4H3,(H,25,26,27). The van der Waals surface area contributed by atoms with Crippen LogP contribution in [0.1, 0.15) is 136 Å². The largest absolute Gasteiger partial charge is 0.267 e. The van der Waals surface area contributed by atoms with Crippen LogP contribution in [-0.4, -0.2) is 34.4 Å². The van der Waals surface area contributed by atoms with Crippen LogP contribution in [0.25, 0.3) is 0 Å². The highest BCUT2D eigenvalue weighted by Gasteiger charge is 2.24. The van der Waals surface area contributed by atoms with Crippen LogP contribution in [0.15, 0.2) is 88.2 Å². The molecule has 13 heteroatoms. The van der Waals surface area contributed by atoms with Gasteiger partial charge in [-0.25, -0.2) is 31.0 Å². The molecular weight excluding hydrogens is 783 g/mol. The number of hydrogen-bond acceptors (Lipinski definition) is 7. The summed E-state index contributed by atoms with van der Waals surface area (Å²) in [5, 5.41) is 16.0. The fourth-order valence-electron chi connectivity index (χ4n) is 6.86. The van der Waals surface area contributed by atoms with Gasteiger partial charge in [-0.2, -0.15) is 5.10 Å². The van der Waals surface area contributed by atoms with Gasteiger partial charge in [-0.15, -0.1) is 22.0 Å². The number of hydrogen-bond donors (Lipinski definition) is 1. The average Bonchev–Trinajstić information content (AvgIpc) is 3.83. The number of thioether (sulfide) groups is 1. The van der Waals surface area contributed by atoms with E-state index in [9.17, 15) is 26.0 Å². The van der Waals surface area contributed by atoms with Crippen molar-refractivity contribution in [2.45, 2.75) is 115 Å². The van der Waals surface area contributed by atoms with E-state index in [1.54, 1.807) is 36.0 Å². The van der Waals surface area contributed by atoms with Crippen LogP contribution < -0.4 is 0 Å². The summed E-state index contributed by atoms with van der Waals surface area (Å²) in [5.74, 6) is 0.386. The molecule has 0 atom stereocenters. The number of sulfone groups is 1. The molecule has 0 saturated carbocycles. The van der Waals surface area contributed by atoms with Crippen LogP contribution >= 0.6 is 11.8 Å². The Bertz CT molecular complexity index is 2310. The van der Waals surface area contributed by atoms with Gasteiger partial charge >= 0.3 is 0 Å². The van der Waals surface area contributed by atoms with Gasteiger partial charge in [-0.05, 0) is 117 Å². The molecule has 1 aromatic heterocycles. The number of nitrogens with one attached hydrogen (secondary N) is 1. The van der Waals surface area contributed by atoms with Crippen molar-refractivity contribution in [1.29, 1.82) is 0 Å². The lowest BCUT2D eigenvalue weighted by Gasteiger charge is -2.20. The number of H-pyrrole nitrogens is 1. The molecule has 308 valence electrons. The molecule has 0 amide bonds. The van der Waals surface area contributed by atoms with Gasteiger partial charge in [0, 0.05) is 25.0 Å². The Labute approximate surface area is 343 Å². The van der Waals surface area contributed by atoms with E-state index in [0.29, 0.717) is 24.2 Å². The van der Waals surface area contributed by atoms with Crippen molar-refractivity contribution in [2.75, 3.05) is 0 Å². The summed E-state index contributed by atoms with van der Waals surface area (Å²) in [5.41, 5.74) is 8.48. The van der Waals surface area contributed by atoms with Crippen molar-refractivity contribution >= 4 is 32.4 Å². The zero-order chi connectivity index (χ0) is 42.3. The predicted molar refractivity (Wildman–Crippen MR) is 227 cm³/mol. The molecule has 6 rings (SSSR count). The maximum absolute atomic E-state index is 14.1. The third-order valence-electron chi connectivity index (χ3n) is 9.82. The number of halogens is 4. The lowest BCUT2D eigenvalue weighted by molar-refractivity contribution is 0.586. The van der Waals surface area contributed by atoms with Gasteiger partial charge < -0.3 is 0 Å². The minimum absolute atomic E-state index is 0.0952. The Morgan fingerprint density at radius 1 is 0.621 bits per heavy atom. The van der Waals surface area contributed by atoms with E-state index >= 15 is 0 Å². The summed E-state index contributed by atoms with van der Waals surface area (Å²) in [4.78, 5) is 4.19. The Morgan fingerprint density at radius 2 is 1.07 bits per heavy atom. The molecule has 0 spiro atoms. The van der Waals surface area contributed by atoms with Crippen molar-refractivity contribution < 1.29 is 26.0 Å². The van der Waals surface area contributed by atoms with Crippen LogP contribution in [-0.2, 0) is 34.2 Å². The lowest BCUT2D eigenvalue weighted by atomic mass is 9.85. The van der Waals surface area contributed by atoms with Crippen molar-refractivity contribution in [3.05, 3.63) is 146 Å². The van der Waals surface area contributed by atoms with Crippen molar-refractivity contribution in [1.82, 2.24) is 15.2 Å². The van der Waals surface area contributed by atoms with Gasteiger partial charge in [0.15, 0.2) is 0 Å². The first-order chi connectivity index (χ1) is 27.4. The number of benzene rings is 4. The fourth-order valence-corrected chi connectivity index (χ4v) is 8.94. The molecule has 1 aliphatic rings. The second-order valence-electron chi connectivity index (χ2n) is 15.8. The van der Waals surface area contributed by atoms with Gasteiger partial charge in [-0.1, -0.05) is 79.7 Å². The maximum Gasteiger partial charge on any atom is 0.267 e. The third-order valence-corrected chi connectivity index (χ3v) is 12.3. The van der Waals surface area contributed by atoms with Crippen LogP contribution in [0, 0.1) is 23.3 Å². The molecule has 1 aliphatic heterocycles. The molecular formula is C45H51F4N5O2S2. The number of aromatic nitrogens is 3. The molecule has 0 aliphatic carbocycles. The summed E-state index contributed by atoms with van der Waals surface area (Å²) < 4.78 is 79.6. The minimum atomic E-state index is -3.79. The van der Waals surface area contributed by atoms with E-state index in [2.05, 4.69) is 53.1 Å². The van der Waals surface area contributed by atoms with E-state index in [1.165, 1.54) is 54.1 Å². The van der Waals surface area contributed by atoms with Gasteiger partial charge in [0.1, 0.15) is 34.1 Å². The molecule has 0 bridgehead atoms. The van der Waals surface area contributed by atoms with Crippen molar-refractivity contribution in [3.8, 4) is 0 Å². The Balaban J connectivity index is 0.000000221. The van der Waals surface area contributed by atoms with Gasteiger partial charge in [0.05, 0.1) is 11.5 Å². The maximum atomic E-state index is 14.1. The van der Waals surface area contributed by atoms with Crippen LogP contribution in [0.3, 0.4) is 0 Å². The van der Waals surface area contributed by atoms with Crippen LogP contribution in [0.5, 0.6) is 0 Å². The Hall–Kier alpha value is -4.62. The molecule has 58 heavy (non-hydrogen) atoms. The first kappa shape index (κ1) is 44.5. The molecule has 7 nitrogen and oxygen atoms in total. The van der Waals surface area contributed by atoms with Gasteiger partial charge in [0.25, 0.3) is 5.16 Å². The Morgan fingerprint density at radius 3 is 1.53 bits per heavy atom. The highest BCUT2D eigenvalue weighted by Crippen LogP contribution is 2.33. The zero-order valence-corrected chi connectivity index (χ0v) is 35.8. The predicted octanol–water partition coefficient (Wildman–Crippen LogP) is 11.7. The van der Waals surface area contributed by atoms with Gasteiger partial charge in [-0.3, -0.25) is 5.10 Å². The number of rotatable bonds is 13. The molecule has 0 saturated heterocycles. The summed E-state index contributed by atoms with van der Waals surface area (Å²) in [7, 11) is -3.79. The van der Waals surface area contributed by atoms with Gasteiger partial charge in [0.2, 0.25) is 9.84 Å². The topological polar surface area (TPSA) is 100 Å². The molecule has 2 heterocycles. The molecule has 5 aromatic rings. The molecule has 4 aromatic carbocycles. The van der Waals surface area contributed by atoms with Crippen LogP contribution in [0.4, 0.5) is 17.6 Å². The Kier molecular flexibility index (Phi) is 14.9. The molecule has 0 radical (unpaired) electrons. The second kappa shape index (κ2) is 19.4. The zero-order valence-electron chi connectivity index (χ0n) is 34.2. The van der Waals surface area contributed by atoms with Crippen molar-refractivity contribution in [2.24, 2.45) is 10.2 Å². The number of aromatic amines is 1. The van der Waals surface area contributed by atoms with Crippen molar-refractivity contribution in [3.63, 3.8) is 0 Å². The molecule has 0 unspecified atom stereocenters. The second-order valence-corrected chi connectivity index (χ2v) is 18.7. The van der Waals surface area contributed by atoms with Crippen LogP contribution in [0.2, 0.25) is 0 Å². The average molecular weight is 834 g/mol. The quantitative estimate of drug-likeness (QED) is 0.119. The van der Waals surface area contributed by atoms with E-state index in [0.717, 1.165) is 56.3 Å². The smallest absolute Gasteiger partial charge is 0.262 e. The fraction of sp³-hybridized carbons (Fsp3) is 0.378. The number of nitrogens with zero attached hydrogens (tertiary/aromatic N) is 4. The van der Waals surface area contributed by atoms with E-state index < -0.39 is 15.7 Å². The van der Waals surface area contributed by atoms with E-state index in [-0.39, 0.29) is 52.0 Å². The highest BCUT2D eigenvalue weighted by atomic mass is 32.2. The lowest BCUT2D eigenvalue weighted by Crippen LogP contribution is -2.11. The summed E-state index contributed by atoms with van der Waals surface area (Å²) in [6.45, 7) is 16.3. The summed E-state index contributed by atoms with van der Waals surface area (Å²) in [6, 6.07) is 18.2. The van der Waals surface area contributed by atoms with E-state index in [4.69, 9.17) is 0 Å². The van der Waals surface area contributed by atoms with E-state index in [1.807, 2.05) is 27.7 Å². The molecule has 1 N–H and O–H groups in total. The monoisotopic (exact) mass is 833 g/mol.